The number of likely N-dealkylation sites (tertiary alicyclic amines) is 1. The van der Waals surface area contributed by atoms with E-state index in [1.165, 1.54) is 7.11 Å². The molecular formula is C7H12FNO2. The van der Waals surface area contributed by atoms with Crippen LogP contribution in [0.25, 0.3) is 0 Å². The van der Waals surface area contributed by atoms with Crippen molar-refractivity contribution in [3.8, 4) is 0 Å². The number of carbonyl (C=O) groups is 1. The third-order valence-electron chi connectivity index (χ3n) is 2.02. The van der Waals surface area contributed by atoms with Crippen LogP contribution < -0.4 is 0 Å². The van der Waals surface area contributed by atoms with Crippen molar-refractivity contribution in [3.05, 3.63) is 0 Å². The van der Waals surface area contributed by atoms with Crippen LogP contribution in [0, 0.1) is 0 Å². The normalized spacial score (nSPS) is 32.3. The summed E-state index contributed by atoms with van der Waals surface area (Å²) in [5.41, 5.74) is 0. The van der Waals surface area contributed by atoms with E-state index in [9.17, 15) is 9.18 Å². The standard InChI is InChI=1S/C7H12FNO2/c1-9-4-3-5(8)6(9)7(10)11-2/h5-6H,3-4H2,1-2H3. The summed E-state index contributed by atoms with van der Waals surface area (Å²) >= 11 is 0. The second-order valence-corrected chi connectivity index (χ2v) is 2.75. The highest BCUT2D eigenvalue weighted by Crippen LogP contribution is 2.19. The maximum atomic E-state index is 12.9. The van der Waals surface area contributed by atoms with Crippen molar-refractivity contribution in [2.45, 2.75) is 18.6 Å². The molecular weight excluding hydrogens is 149 g/mol. The maximum absolute atomic E-state index is 12.9. The molecule has 1 saturated heterocycles. The fourth-order valence-electron chi connectivity index (χ4n) is 1.35. The molecule has 0 radical (unpaired) electrons. The Morgan fingerprint density at radius 2 is 2.36 bits per heavy atom. The first-order valence-electron chi connectivity index (χ1n) is 3.59. The number of esters is 1. The van der Waals surface area contributed by atoms with Crippen molar-refractivity contribution in [3.63, 3.8) is 0 Å². The van der Waals surface area contributed by atoms with E-state index in [0.717, 1.165) is 0 Å². The predicted molar refractivity (Wildman–Crippen MR) is 37.9 cm³/mol. The second-order valence-electron chi connectivity index (χ2n) is 2.75. The minimum atomic E-state index is -1.06. The zero-order valence-electron chi connectivity index (χ0n) is 6.71. The van der Waals surface area contributed by atoms with Crippen LogP contribution in [-0.4, -0.2) is 43.8 Å². The monoisotopic (exact) mass is 161 g/mol. The van der Waals surface area contributed by atoms with Gasteiger partial charge >= 0.3 is 5.97 Å². The van der Waals surface area contributed by atoms with Crippen molar-refractivity contribution in [1.29, 1.82) is 0 Å². The molecule has 0 saturated carbocycles. The molecule has 0 aromatic heterocycles. The molecule has 0 bridgehead atoms. The Morgan fingerprint density at radius 3 is 2.73 bits per heavy atom. The first-order chi connectivity index (χ1) is 5.16. The van der Waals surface area contributed by atoms with Gasteiger partial charge in [-0.05, 0) is 13.5 Å². The molecule has 1 heterocycles. The summed E-state index contributed by atoms with van der Waals surface area (Å²) in [4.78, 5) is 12.6. The zero-order chi connectivity index (χ0) is 8.43. The minimum absolute atomic E-state index is 0.427. The summed E-state index contributed by atoms with van der Waals surface area (Å²) in [5.74, 6) is -0.475. The maximum Gasteiger partial charge on any atom is 0.326 e. The number of carbonyl (C=O) groups excluding carboxylic acids is 1. The molecule has 4 heteroatoms. The molecule has 2 unspecified atom stereocenters. The molecule has 2 atom stereocenters. The largest absolute Gasteiger partial charge is 0.468 e. The highest BCUT2D eigenvalue weighted by atomic mass is 19.1. The first-order valence-corrected chi connectivity index (χ1v) is 3.59. The van der Waals surface area contributed by atoms with Crippen LogP contribution in [0.5, 0.6) is 0 Å². The average Bonchev–Trinajstić information content (AvgIpc) is 2.30. The Hall–Kier alpha value is -0.640. The summed E-state index contributed by atoms with van der Waals surface area (Å²) < 4.78 is 17.4. The number of ether oxygens (including phenoxy) is 1. The van der Waals surface area contributed by atoms with E-state index in [0.29, 0.717) is 13.0 Å². The molecule has 64 valence electrons. The third kappa shape index (κ3) is 1.50. The molecule has 1 rings (SSSR count). The first kappa shape index (κ1) is 8.46. The van der Waals surface area contributed by atoms with Crippen molar-refractivity contribution in [1.82, 2.24) is 4.90 Å². The Balaban J connectivity index is 2.60. The van der Waals surface area contributed by atoms with Gasteiger partial charge in [0, 0.05) is 6.54 Å². The van der Waals surface area contributed by atoms with Crippen molar-refractivity contribution < 1.29 is 13.9 Å². The van der Waals surface area contributed by atoms with Crippen LogP contribution in [0.1, 0.15) is 6.42 Å². The van der Waals surface area contributed by atoms with Gasteiger partial charge in [-0.1, -0.05) is 0 Å². The Kier molecular flexibility index (Phi) is 2.44. The summed E-state index contributed by atoms with van der Waals surface area (Å²) in [6, 6.07) is -0.681. The lowest BCUT2D eigenvalue weighted by molar-refractivity contribution is -0.146. The zero-order valence-corrected chi connectivity index (χ0v) is 6.71. The van der Waals surface area contributed by atoms with Crippen LogP contribution in [0.15, 0.2) is 0 Å². The van der Waals surface area contributed by atoms with Crippen molar-refractivity contribution in [2.24, 2.45) is 0 Å². The van der Waals surface area contributed by atoms with Gasteiger partial charge in [0.2, 0.25) is 0 Å². The van der Waals surface area contributed by atoms with Gasteiger partial charge in [0.25, 0.3) is 0 Å². The molecule has 1 aliphatic heterocycles. The molecule has 0 aromatic rings. The van der Waals surface area contributed by atoms with E-state index >= 15 is 0 Å². The smallest absolute Gasteiger partial charge is 0.326 e. The van der Waals surface area contributed by atoms with Gasteiger partial charge < -0.3 is 4.74 Å². The molecule has 11 heavy (non-hydrogen) atoms. The molecule has 0 N–H and O–H groups in total. The lowest BCUT2D eigenvalue weighted by Crippen LogP contribution is -2.38. The Morgan fingerprint density at radius 1 is 1.73 bits per heavy atom. The molecule has 0 spiro atoms. The van der Waals surface area contributed by atoms with E-state index in [1.54, 1.807) is 11.9 Å². The number of alkyl halides is 1. The number of nitrogens with zero attached hydrogens (tertiary/aromatic N) is 1. The molecule has 0 aliphatic carbocycles. The summed E-state index contributed by atoms with van der Waals surface area (Å²) in [6.45, 7) is 0.626. The van der Waals surface area contributed by atoms with Gasteiger partial charge in [-0.2, -0.15) is 0 Å². The fourth-order valence-corrected chi connectivity index (χ4v) is 1.35. The predicted octanol–water partition coefficient (Wildman–Crippen LogP) is 0.202. The highest BCUT2D eigenvalue weighted by molar-refractivity contribution is 5.76. The number of rotatable bonds is 1. The van der Waals surface area contributed by atoms with Crippen molar-refractivity contribution >= 4 is 5.97 Å². The number of hydrogen-bond donors (Lipinski definition) is 0. The number of methoxy groups -OCH3 is 1. The van der Waals surface area contributed by atoms with Gasteiger partial charge in [0.15, 0.2) is 0 Å². The quantitative estimate of drug-likeness (QED) is 0.514. The van der Waals surface area contributed by atoms with E-state index in [4.69, 9.17) is 0 Å². The van der Waals surface area contributed by atoms with Crippen LogP contribution in [-0.2, 0) is 9.53 Å². The second kappa shape index (κ2) is 3.17. The van der Waals surface area contributed by atoms with E-state index in [2.05, 4.69) is 4.74 Å². The molecule has 1 fully saturated rings. The average molecular weight is 161 g/mol. The topological polar surface area (TPSA) is 29.5 Å². The van der Waals surface area contributed by atoms with Gasteiger partial charge in [-0.3, -0.25) is 9.69 Å². The minimum Gasteiger partial charge on any atom is -0.468 e. The lowest BCUT2D eigenvalue weighted by Gasteiger charge is -2.17. The molecule has 0 amide bonds. The van der Waals surface area contributed by atoms with Crippen LogP contribution in [0.4, 0.5) is 4.39 Å². The van der Waals surface area contributed by atoms with Crippen molar-refractivity contribution in [2.75, 3.05) is 20.7 Å². The third-order valence-corrected chi connectivity index (χ3v) is 2.02. The molecule has 1 aliphatic rings. The molecule has 0 aromatic carbocycles. The van der Waals surface area contributed by atoms with Crippen LogP contribution in [0.2, 0.25) is 0 Å². The Labute approximate surface area is 65.1 Å². The van der Waals surface area contributed by atoms with Gasteiger partial charge in [0.05, 0.1) is 7.11 Å². The van der Waals surface area contributed by atoms with Crippen LogP contribution >= 0.6 is 0 Å². The SMILES string of the molecule is COC(=O)C1C(F)CCN1C. The Bertz CT molecular complexity index is 153. The molecule has 3 nitrogen and oxygen atoms in total. The van der Waals surface area contributed by atoms with Gasteiger partial charge in [-0.25, -0.2) is 4.39 Å². The number of likely N-dealkylation sites (N-methyl/N-ethyl adjacent to an activating group) is 1. The lowest BCUT2D eigenvalue weighted by atomic mass is 10.2. The van der Waals surface area contributed by atoms with Crippen LogP contribution in [0.3, 0.4) is 0 Å². The van der Waals surface area contributed by atoms with E-state index in [-0.39, 0.29) is 0 Å². The summed E-state index contributed by atoms with van der Waals surface area (Å²) in [5, 5.41) is 0. The van der Waals surface area contributed by atoms with Gasteiger partial charge in [0.1, 0.15) is 12.2 Å². The van der Waals surface area contributed by atoms with Gasteiger partial charge in [-0.15, -0.1) is 0 Å². The number of hydrogen-bond acceptors (Lipinski definition) is 3. The van der Waals surface area contributed by atoms with E-state index < -0.39 is 18.2 Å². The van der Waals surface area contributed by atoms with E-state index in [1.807, 2.05) is 0 Å². The summed E-state index contributed by atoms with van der Waals surface area (Å²) in [6.07, 6.45) is -0.636. The summed E-state index contributed by atoms with van der Waals surface area (Å²) in [7, 11) is 3.00. The fraction of sp³-hybridized carbons (Fsp3) is 0.857. The number of halogens is 1. The highest BCUT2D eigenvalue weighted by Gasteiger charge is 2.38.